The van der Waals surface area contributed by atoms with E-state index >= 15 is 0 Å². The maximum absolute atomic E-state index is 7.33. The summed E-state index contributed by atoms with van der Waals surface area (Å²) in [5.41, 5.74) is 3.46. The van der Waals surface area contributed by atoms with Gasteiger partial charge in [0.15, 0.2) is 11.7 Å². The Morgan fingerprint density at radius 3 is 1.43 bits per heavy atom. The van der Waals surface area contributed by atoms with E-state index in [-0.39, 0.29) is 0 Å². The zero-order valence-corrected chi connectivity index (χ0v) is 23.8. The molecule has 8 aromatic rings. The molecule has 11 rings (SSSR count). The third-order valence-corrected chi connectivity index (χ3v) is 9.66. The Hall–Kier alpha value is -5.53. The Morgan fingerprint density at radius 2 is 0.886 bits per heavy atom. The molecule has 8 heteroatoms. The van der Waals surface area contributed by atoms with Crippen molar-refractivity contribution in [1.29, 1.82) is 0 Å². The molecular formula is C36H18BClN6. The average Bonchev–Trinajstić information content (AvgIpc) is 3.69. The SMILES string of the molecule is ClB1n2c3ccc2N=c2c4cc5cc6ccccc6cc5cc4c(n21)=NC1=NC(=N3)c2cc3cc4ccccc4cc3cc21. The van der Waals surface area contributed by atoms with Crippen LogP contribution in [-0.4, -0.2) is 27.0 Å². The van der Waals surface area contributed by atoms with E-state index < -0.39 is 6.40 Å². The van der Waals surface area contributed by atoms with Crippen molar-refractivity contribution in [2.45, 2.75) is 0 Å². The quantitative estimate of drug-likeness (QED) is 0.132. The highest BCUT2D eigenvalue weighted by molar-refractivity contribution is 7.05. The van der Waals surface area contributed by atoms with Crippen LogP contribution in [0.4, 0.5) is 11.6 Å². The lowest BCUT2D eigenvalue weighted by atomic mass is 9.98. The maximum Gasteiger partial charge on any atom is 0.499 e. The highest BCUT2D eigenvalue weighted by atomic mass is 35.5. The number of halogens is 1. The van der Waals surface area contributed by atoms with Gasteiger partial charge in [-0.25, -0.2) is 20.0 Å². The van der Waals surface area contributed by atoms with Gasteiger partial charge in [0.25, 0.3) is 0 Å². The molecular weight excluding hydrogens is 563 g/mol. The Bertz CT molecular complexity index is 2860. The molecule has 0 fully saturated rings. The molecule has 6 nitrogen and oxygen atoms in total. The molecule has 2 aromatic heterocycles. The van der Waals surface area contributed by atoms with Crippen LogP contribution in [0.5, 0.6) is 0 Å². The van der Waals surface area contributed by atoms with Crippen molar-refractivity contribution in [3.8, 4) is 0 Å². The van der Waals surface area contributed by atoms with Crippen LogP contribution >= 0.6 is 11.5 Å². The van der Waals surface area contributed by atoms with Gasteiger partial charge < -0.3 is 8.96 Å². The fourth-order valence-electron chi connectivity index (χ4n) is 7.17. The molecule has 0 saturated heterocycles. The summed E-state index contributed by atoms with van der Waals surface area (Å²) in [4.78, 5) is 20.5. The van der Waals surface area contributed by atoms with Crippen molar-refractivity contribution in [2.24, 2.45) is 20.0 Å². The smallest absolute Gasteiger partial charge is 0.320 e. The first-order chi connectivity index (χ1) is 21.7. The molecule has 0 unspecified atom stereocenters. The molecule has 0 spiro atoms. The van der Waals surface area contributed by atoms with Gasteiger partial charge in [0, 0.05) is 21.9 Å². The van der Waals surface area contributed by atoms with Gasteiger partial charge in [0.1, 0.15) is 22.6 Å². The molecule has 0 amide bonds. The fraction of sp³-hybridized carbons (Fsp3) is 0. The second kappa shape index (κ2) is 7.89. The summed E-state index contributed by atoms with van der Waals surface area (Å²) >= 11 is 7.33. The maximum atomic E-state index is 7.33. The molecule has 5 heterocycles. The molecule has 0 saturated carbocycles. The van der Waals surface area contributed by atoms with Crippen LogP contribution in [0.15, 0.2) is 129 Å². The topological polar surface area (TPSA) is 59.3 Å². The average molecular weight is 581 g/mol. The predicted molar refractivity (Wildman–Crippen MR) is 180 cm³/mol. The van der Waals surface area contributed by atoms with Crippen molar-refractivity contribution in [3.63, 3.8) is 0 Å². The van der Waals surface area contributed by atoms with Gasteiger partial charge in [-0.15, -0.1) is 11.5 Å². The van der Waals surface area contributed by atoms with E-state index in [1.165, 1.54) is 21.5 Å². The second-order valence-electron chi connectivity index (χ2n) is 11.7. The second-order valence-corrected chi connectivity index (χ2v) is 12.1. The third-order valence-electron chi connectivity index (χ3n) is 9.27. The van der Waals surface area contributed by atoms with Gasteiger partial charge in [0.05, 0.1) is 0 Å². The lowest BCUT2D eigenvalue weighted by Crippen LogP contribution is -2.44. The minimum Gasteiger partial charge on any atom is -0.320 e. The molecule has 0 N–H and O–H groups in total. The van der Waals surface area contributed by atoms with Crippen LogP contribution in [0.2, 0.25) is 0 Å². The largest absolute Gasteiger partial charge is 0.499 e. The van der Waals surface area contributed by atoms with Gasteiger partial charge in [-0.1, -0.05) is 48.5 Å². The number of aliphatic imine (C=N–C) groups is 2. The molecule has 0 aliphatic carbocycles. The zero-order chi connectivity index (χ0) is 28.7. The molecule has 0 radical (unpaired) electrons. The Balaban J connectivity index is 1.28. The van der Waals surface area contributed by atoms with Crippen LogP contribution in [0.25, 0.3) is 53.9 Å². The van der Waals surface area contributed by atoms with Gasteiger partial charge >= 0.3 is 6.40 Å². The van der Waals surface area contributed by atoms with Gasteiger partial charge in [-0.05, 0) is 104 Å². The lowest BCUT2D eigenvalue weighted by Gasteiger charge is -2.18. The fourth-order valence-corrected chi connectivity index (χ4v) is 7.55. The van der Waals surface area contributed by atoms with Crippen LogP contribution in [0.3, 0.4) is 0 Å². The Labute approximate surface area is 254 Å². The van der Waals surface area contributed by atoms with Gasteiger partial charge in [0.2, 0.25) is 0 Å². The molecule has 4 bridgehead atoms. The Kier molecular flexibility index (Phi) is 4.13. The van der Waals surface area contributed by atoms with Crippen molar-refractivity contribution < 1.29 is 0 Å². The number of fused-ring (bicyclic) bond motifs is 11. The molecule has 3 aliphatic heterocycles. The van der Waals surface area contributed by atoms with Gasteiger partial charge in [-0.3, -0.25) is 0 Å². The summed E-state index contributed by atoms with van der Waals surface area (Å²) in [7, 11) is 0. The van der Waals surface area contributed by atoms with E-state index in [2.05, 4.69) is 97.1 Å². The molecule has 6 aromatic carbocycles. The summed E-state index contributed by atoms with van der Waals surface area (Å²) in [6, 6.07) is 38.6. The van der Waals surface area contributed by atoms with E-state index in [1.807, 2.05) is 21.1 Å². The van der Waals surface area contributed by atoms with Crippen molar-refractivity contribution in [3.05, 3.63) is 131 Å². The van der Waals surface area contributed by atoms with Crippen molar-refractivity contribution in [2.75, 3.05) is 0 Å². The van der Waals surface area contributed by atoms with Crippen molar-refractivity contribution >= 4 is 95.0 Å². The minimum atomic E-state index is -0.592. The third kappa shape index (κ3) is 2.92. The minimum absolute atomic E-state index is 0.592. The number of aromatic nitrogens is 2. The van der Waals surface area contributed by atoms with E-state index in [0.29, 0.717) is 17.5 Å². The van der Waals surface area contributed by atoms with Crippen LogP contribution in [0, 0.1) is 0 Å². The van der Waals surface area contributed by atoms with Gasteiger partial charge in [-0.2, -0.15) is 0 Å². The summed E-state index contributed by atoms with van der Waals surface area (Å²) in [5.74, 6) is 2.73. The summed E-state index contributed by atoms with van der Waals surface area (Å²) in [5, 5.41) is 11.4. The number of hydrogen-bond acceptors (Lipinski definition) is 4. The predicted octanol–water partition coefficient (Wildman–Crippen LogP) is 7.41. The van der Waals surface area contributed by atoms with Crippen LogP contribution < -0.4 is 11.0 Å². The molecule has 3 aliphatic rings. The normalized spacial score (nSPS) is 14.6. The highest BCUT2D eigenvalue weighted by Gasteiger charge is 2.33. The van der Waals surface area contributed by atoms with Crippen LogP contribution in [0.1, 0.15) is 11.1 Å². The number of benzene rings is 6. The highest BCUT2D eigenvalue weighted by Crippen LogP contribution is 2.35. The van der Waals surface area contributed by atoms with E-state index in [1.54, 1.807) is 0 Å². The zero-order valence-electron chi connectivity index (χ0n) is 23.0. The first kappa shape index (κ1) is 23.0. The lowest BCUT2D eigenvalue weighted by molar-refractivity contribution is 0.936. The van der Waals surface area contributed by atoms with Crippen LogP contribution in [-0.2, 0) is 0 Å². The summed E-state index contributed by atoms with van der Waals surface area (Å²) < 4.78 is 3.98. The molecule has 0 atom stereocenters. The van der Waals surface area contributed by atoms with E-state index in [0.717, 1.165) is 60.2 Å². The number of nitrogens with zero attached hydrogens (tertiary/aromatic N) is 6. The number of rotatable bonds is 0. The van der Waals surface area contributed by atoms with E-state index in [9.17, 15) is 0 Å². The molecule has 44 heavy (non-hydrogen) atoms. The summed E-state index contributed by atoms with van der Waals surface area (Å²) in [6.07, 6.45) is -0.592. The summed E-state index contributed by atoms with van der Waals surface area (Å²) in [6.45, 7) is 0. The monoisotopic (exact) mass is 580 g/mol. The molecule has 202 valence electrons. The number of amidine groups is 2. The Morgan fingerprint density at radius 1 is 0.432 bits per heavy atom. The number of hydrogen-bond donors (Lipinski definition) is 0. The standard InChI is InChI=1S/C36H18BClN6/c38-37-43-31-9-10-32(43)40-35-29-17-25-13-21-7-3-4-8-22(21)14-26(25)18-30(29)36(44(35)37)42-34-28-16-24-12-20-6-2-1-5-19(20)11-23(24)15-27(28)33(39-31)41-34/h1-18H. The van der Waals surface area contributed by atoms with Crippen molar-refractivity contribution in [1.82, 2.24) is 8.96 Å². The first-order valence-corrected chi connectivity index (χ1v) is 15.0. The first-order valence-electron chi connectivity index (χ1n) is 14.6. The van der Waals surface area contributed by atoms with E-state index in [4.69, 9.17) is 31.4 Å².